The SMILES string of the molecule is Cc1ccc(N(CC(=O)NCCCN(C)c2ccccc2)S(C)(=O)=O)cc1Cl. The number of carbonyl (C=O) groups is 1. The quantitative estimate of drug-likeness (QED) is 0.629. The van der Waals surface area contributed by atoms with Crippen molar-refractivity contribution in [2.24, 2.45) is 0 Å². The third-order valence-corrected chi connectivity index (χ3v) is 5.87. The van der Waals surface area contributed by atoms with E-state index in [9.17, 15) is 13.2 Å². The Kier molecular flexibility index (Phi) is 7.71. The van der Waals surface area contributed by atoms with Crippen LogP contribution in [-0.2, 0) is 14.8 Å². The van der Waals surface area contributed by atoms with Crippen molar-refractivity contribution in [2.45, 2.75) is 13.3 Å². The Labute approximate surface area is 172 Å². The number of nitrogens with one attached hydrogen (secondary N) is 1. The van der Waals surface area contributed by atoms with Crippen LogP contribution in [0.1, 0.15) is 12.0 Å². The highest BCUT2D eigenvalue weighted by Gasteiger charge is 2.21. The lowest BCUT2D eigenvalue weighted by molar-refractivity contribution is -0.119. The van der Waals surface area contributed by atoms with E-state index in [1.165, 1.54) is 0 Å². The number of amides is 1. The number of hydrogen-bond donors (Lipinski definition) is 1. The van der Waals surface area contributed by atoms with E-state index in [2.05, 4.69) is 10.2 Å². The number of sulfonamides is 1. The molecule has 0 aliphatic carbocycles. The molecule has 28 heavy (non-hydrogen) atoms. The maximum atomic E-state index is 12.3. The summed E-state index contributed by atoms with van der Waals surface area (Å²) in [4.78, 5) is 14.4. The van der Waals surface area contributed by atoms with E-state index in [1.54, 1.807) is 18.2 Å². The number of para-hydroxylation sites is 1. The van der Waals surface area contributed by atoms with Crippen LogP contribution in [0.2, 0.25) is 5.02 Å². The summed E-state index contributed by atoms with van der Waals surface area (Å²) in [6.45, 7) is 2.78. The monoisotopic (exact) mass is 423 g/mol. The summed E-state index contributed by atoms with van der Waals surface area (Å²) in [5, 5.41) is 3.24. The highest BCUT2D eigenvalue weighted by molar-refractivity contribution is 7.92. The summed E-state index contributed by atoms with van der Waals surface area (Å²) in [5.41, 5.74) is 2.32. The fraction of sp³-hybridized carbons (Fsp3) is 0.350. The second kappa shape index (κ2) is 9.80. The van der Waals surface area contributed by atoms with Gasteiger partial charge in [-0.1, -0.05) is 35.9 Å². The number of rotatable bonds is 9. The molecule has 1 N–H and O–H groups in total. The first-order chi connectivity index (χ1) is 13.2. The molecule has 6 nitrogen and oxygen atoms in total. The van der Waals surface area contributed by atoms with Crippen molar-refractivity contribution in [2.75, 3.05) is 42.1 Å². The van der Waals surface area contributed by atoms with Crippen molar-refractivity contribution in [1.82, 2.24) is 5.32 Å². The summed E-state index contributed by atoms with van der Waals surface area (Å²) in [5.74, 6) is -0.357. The minimum Gasteiger partial charge on any atom is -0.375 e. The molecule has 0 aliphatic heterocycles. The van der Waals surface area contributed by atoms with E-state index in [0.717, 1.165) is 34.8 Å². The van der Waals surface area contributed by atoms with Crippen LogP contribution in [0.15, 0.2) is 48.5 Å². The van der Waals surface area contributed by atoms with Crippen LogP contribution in [0.4, 0.5) is 11.4 Å². The Morgan fingerprint density at radius 1 is 1.11 bits per heavy atom. The number of halogens is 1. The van der Waals surface area contributed by atoms with Gasteiger partial charge in [-0.25, -0.2) is 8.42 Å². The number of nitrogens with zero attached hydrogens (tertiary/aromatic N) is 2. The lowest BCUT2D eigenvalue weighted by Gasteiger charge is -2.23. The number of anilines is 2. The van der Waals surface area contributed by atoms with Crippen LogP contribution in [-0.4, -0.2) is 47.3 Å². The number of benzene rings is 2. The van der Waals surface area contributed by atoms with E-state index < -0.39 is 10.0 Å². The van der Waals surface area contributed by atoms with Gasteiger partial charge < -0.3 is 10.2 Å². The standard InChI is InChI=1S/C20H26ClN3O3S/c1-16-10-11-18(14-19(16)21)24(28(3,26)27)15-20(25)22-12-7-13-23(2)17-8-5-4-6-9-17/h4-6,8-11,14H,7,12-13,15H2,1-3H3,(H,22,25). The van der Waals surface area contributed by atoms with Crippen LogP contribution in [0.25, 0.3) is 0 Å². The maximum absolute atomic E-state index is 12.3. The molecule has 2 aromatic rings. The summed E-state index contributed by atoms with van der Waals surface area (Å²) in [6.07, 6.45) is 1.81. The highest BCUT2D eigenvalue weighted by atomic mass is 35.5. The number of hydrogen-bond acceptors (Lipinski definition) is 4. The van der Waals surface area contributed by atoms with Crippen molar-refractivity contribution < 1.29 is 13.2 Å². The molecule has 0 unspecified atom stereocenters. The van der Waals surface area contributed by atoms with Gasteiger partial charge in [-0.3, -0.25) is 9.10 Å². The van der Waals surface area contributed by atoms with Crippen LogP contribution in [0.5, 0.6) is 0 Å². The average molecular weight is 424 g/mol. The van der Waals surface area contributed by atoms with Crippen molar-refractivity contribution in [3.05, 3.63) is 59.1 Å². The molecule has 0 radical (unpaired) electrons. The fourth-order valence-electron chi connectivity index (χ4n) is 2.68. The zero-order valence-corrected chi connectivity index (χ0v) is 17.9. The highest BCUT2D eigenvalue weighted by Crippen LogP contribution is 2.24. The summed E-state index contributed by atoms with van der Waals surface area (Å²) in [7, 11) is -1.63. The second-order valence-corrected chi connectivity index (χ2v) is 8.98. The van der Waals surface area contributed by atoms with Crippen molar-refractivity contribution in [3.8, 4) is 0 Å². The van der Waals surface area contributed by atoms with Crippen LogP contribution < -0.4 is 14.5 Å². The van der Waals surface area contributed by atoms with Crippen LogP contribution in [0.3, 0.4) is 0 Å². The smallest absolute Gasteiger partial charge is 0.240 e. The van der Waals surface area contributed by atoms with Crippen LogP contribution >= 0.6 is 11.6 Å². The van der Waals surface area contributed by atoms with Gasteiger partial charge in [0.1, 0.15) is 6.54 Å². The lowest BCUT2D eigenvalue weighted by Crippen LogP contribution is -2.41. The van der Waals surface area contributed by atoms with Gasteiger partial charge in [0, 0.05) is 30.8 Å². The minimum atomic E-state index is -3.62. The van der Waals surface area contributed by atoms with Gasteiger partial charge in [0.05, 0.1) is 11.9 Å². The fourth-order valence-corrected chi connectivity index (χ4v) is 3.70. The van der Waals surface area contributed by atoms with Gasteiger partial charge in [-0.05, 0) is 43.2 Å². The molecule has 1 amide bonds. The van der Waals surface area contributed by atoms with Crippen molar-refractivity contribution >= 4 is 38.9 Å². The van der Waals surface area contributed by atoms with Gasteiger partial charge in [-0.15, -0.1) is 0 Å². The van der Waals surface area contributed by atoms with E-state index in [1.807, 2.05) is 44.3 Å². The molecule has 0 spiro atoms. The molecule has 0 bridgehead atoms. The first-order valence-electron chi connectivity index (χ1n) is 8.95. The Morgan fingerprint density at radius 2 is 1.79 bits per heavy atom. The van der Waals surface area contributed by atoms with E-state index >= 15 is 0 Å². The van der Waals surface area contributed by atoms with Crippen LogP contribution in [0, 0.1) is 6.92 Å². The minimum absolute atomic E-state index is 0.285. The van der Waals surface area contributed by atoms with E-state index in [4.69, 9.17) is 11.6 Å². The van der Waals surface area contributed by atoms with Gasteiger partial charge >= 0.3 is 0 Å². The largest absolute Gasteiger partial charge is 0.375 e. The Hall–Kier alpha value is -2.25. The van der Waals surface area contributed by atoms with Gasteiger partial charge in [0.25, 0.3) is 0 Å². The topological polar surface area (TPSA) is 69.7 Å². The van der Waals surface area contributed by atoms with Crippen molar-refractivity contribution in [1.29, 1.82) is 0 Å². The molecule has 0 aromatic heterocycles. The third kappa shape index (κ3) is 6.42. The van der Waals surface area contributed by atoms with Gasteiger partial charge in [0.15, 0.2) is 0 Å². The molecule has 0 aliphatic rings. The van der Waals surface area contributed by atoms with E-state index in [0.29, 0.717) is 17.3 Å². The molecule has 0 saturated carbocycles. The molecule has 0 saturated heterocycles. The van der Waals surface area contributed by atoms with Crippen molar-refractivity contribution in [3.63, 3.8) is 0 Å². The zero-order valence-electron chi connectivity index (χ0n) is 16.4. The first-order valence-corrected chi connectivity index (χ1v) is 11.2. The number of aryl methyl sites for hydroxylation is 1. The normalized spacial score (nSPS) is 11.1. The molecule has 8 heteroatoms. The predicted octanol–water partition coefficient (Wildman–Crippen LogP) is 3.06. The second-order valence-electron chi connectivity index (χ2n) is 6.66. The molecule has 152 valence electrons. The van der Waals surface area contributed by atoms with E-state index in [-0.39, 0.29) is 12.5 Å². The molecule has 0 atom stereocenters. The number of carbonyl (C=O) groups excluding carboxylic acids is 1. The summed E-state index contributed by atoms with van der Waals surface area (Å²) >= 11 is 6.10. The predicted molar refractivity (Wildman–Crippen MR) is 116 cm³/mol. The Balaban J connectivity index is 1.89. The molecular formula is C20H26ClN3O3S. The summed E-state index contributed by atoms with van der Waals surface area (Å²) < 4.78 is 25.3. The molecule has 2 rings (SSSR count). The molecular weight excluding hydrogens is 398 g/mol. The lowest BCUT2D eigenvalue weighted by atomic mass is 10.2. The molecule has 0 heterocycles. The summed E-state index contributed by atoms with van der Waals surface area (Å²) in [6, 6.07) is 14.9. The molecule has 2 aromatic carbocycles. The van der Waals surface area contributed by atoms with Gasteiger partial charge in [0.2, 0.25) is 15.9 Å². The zero-order chi connectivity index (χ0) is 20.7. The molecule has 0 fully saturated rings. The Morgan fingerprint density at radius 3 is 2.39 bits per heavy atom. The average Bonchev–Trinajstić information content (AvgIpc) is 2.65. The maximum Gasteiger partial charge on any atom is 0.240 e. The third-order valence-electron chi connectivity index (χ3n) is 4.32. The Bertz CT molecular complexity index is 904. The first kappa shape index (κ1) is 22.0. The van der Waals surface area contributed by atoms with Gasteiger partial charge in [-0.2, -0.15) is 0 Å².